The summed E-state index contributed by atoms with van der Waals surface area (Å²) in [5.74, 6) is 2.44. The molecule has 2 aliphatic rings. The van der Waals surface area contributed by atoms with Gasteiger partial charge in [-0.25, -0.2) is 9.55 Å². The van der Waals surface area contributed by atoms with Gasteiger partial charge in [0, 0.05) is 5.56 Å². The van der Waals surface area contributed by atoms with E-state index in [4.69, 9.17) is 4.98 Å². The van der Waals surface area contributed by atoms with E-state index in [2.05, 4.69) is 60.5 Å². The summed E-state index contributed by atoms with van der Waals surface area (Å²) in [6, 6.07) is 8.82. The molecule has 0 radical (unpaired) electrons. The highest BCUT2D eigenvalue weighted by Crippen LogP contribution is 2.41. The number of aryl methyl sites for hydroxylation is 1. The summed E-state index contributed by atoms with van der Waals surface area (Å²) in [6.07, 6.45) is 5.29. The minimum Gasteiger partial charge on any atom is -0.236 e. The second-order valence-electron chi connectivity index (χ2n) is 6.73. The van der Waals surface area contributed by atoms with Gasteiger partial charge in [-0.1, -0.05) is 18.6 Å². The first-order valence-corrected chi connectivity index (χ1v) is 8.39. The smallest absolute Gasteiger partial charge is 0.236 e. The summed E-state index contributed by atoms with van der Waals surface area (Å²) in [6.45, 7) is 4.54. The average molecular weight is 302 g/mol. The van der Waals surface area contributed by atoms with Crippen LogP contribution in [0.5, 0.6) is 0 Å². The Labute approximate surface area is 135 Å². The van der Waals surface area contributed by atoms with Crippen molar-refractivity contribution in [2.24, 2.45) is 7.05 Å². The predicted octanol–water partition coefficient (Wildman–Crippen LogP) is 3.49. The molecule has 0 spiro atoms. The molecule has 3 heteroatoms. The summed E-state index contributed by atoms with van der Waals surface area (Å²) >= 11 is 0. The summed E-state index contributed by atoms with van der Waals surface area (Å²) in [4.78, 5) is 4.94. The highest BCUT2D eigenvalue weighted by atomic mass is 15.2. The molecule has 3 aromatic rings. The molecule has 23 heavy (non-hydrogen) atoms. The number of pyridine rings is 1. The SMILES string of the molecule is CCC1=C(C)c2c(ccc3nc4n(c23)-c2c(ccc[n+]2C)C4)C1. The van der Waals surface area contributed by atoms with E-state index in [1.54, 1.807) is 5.57 Å². The van der Waals surface area contributed by atoms with Crippen molar-refractivity contribution < 1.29 is 4.57 Å². The van der Waals surface area contributed by atoms with Gasteiger partial charge in [0.05, 0.1) is 25.2 Å². The largest absolute Gasteiger partial charge is 0.291 e. The third kappa shape index (κ3) is 1.55. The Morgan fingerprint density at radius 1 is 1.17 bits per heavy atom. The van der Waals surface area contributed by atoms with Gasteiger partial charge in [-0.05, 0) is 49.1 Å². The lowest BCUT2D eigenvalue weighted by atomic mass is 10.0. The first kappa shape index (κ1) is 13.1. The molecule has 0 amide bonds. The van der Waals surface area contributed by atoms with Gasteiger partial charge in [-0.15, -0.1) is 0 Å². The maximum atomic E-state index is 4.94. The molecular formula is C20H20N3+. The van der Waals surface area contributed by atoms with Crippen LogP contribution in [0.2, 0.25) is 0 Å². The average Bonchev–Trinajstić information content (AvgIpc) is 3.16. The molecule has 3 nitrogen and oxygen atoms in total. The van der Waals surface area contributed by atoms with E-state index < -0.39 is 0 Å². The highest BCUT2D eigenvalue weighted by molar-refractivity contribution is 5.95. The Morgan fingerprint density at radius 2 is 2.04 bits per heavy atom. The van der Waals surface area contributed by atoms with Crippen LogP contribution in [0.15, 0.2) is 36.0 Å². The number of allylic oxidation sites excluding steroid dienone is 2. The summed E-state index contributed by atoms with van der Waals surface area (Å²) in [5.41, 5.74) is 9.72. The Kier molecular flexibility index (Phi) is 2.45. The molecule has 1 aliphatic carbocycles. The van der Waals surface area contributed by atoms with E-state index in [0.717, 1.165) is 24.8 Å². The molecule has 0 saturated carbocycles. The second-order valence-corrected chi connectivity index (χ2v) is 6.73. The topological polar surface area (TPSA) is 21.7 Å². The molecule has 5 rings (SSSR count). The van der Waals surface area contributed by atoms with Crippen LogP contribution in [0.25, 0.3) is 22.4 Å². The van der Waals surface area contributed by atoms with Crippen LogP contribution in [0.3, 0.4) is 0 Å². The van der Waals surface area contributed by atoms with Gasteiger partial charge >= 0.3 is 0 Å². The standard InChI is InChI=1S/C20H20N3/c1-4-13-10-14-7-8-16-19(18(14)12(13)2)23-17(21-16)11-15-6-5-9-22(3)20(15)23/h5-9H,4,10-11H2,1-3H3/q+1. The third-order valence-electron chi connectivity index (χ3n) is 5.50. The number of hydrogen-bond donors (Lipinski definition) is 0. The van der Waals surface area contributed by atoms with Crippen LogP contribution >= 0.6 is 0 Å². The van der Waals surface area contributed by atoms with Crippen LogP contribution in [-0.4, -0.2) is 9.55 Å². The van der Waals surface area contributed by atoms with Crippen LogP contribution in [0, 0.1) is 0 Å². The summed E-state index contributed by atoms with van der Waals surface area (Å²) in [7, 11) is 2.13. The van der Waals surface area contributed by atoms with Gasteiger partial charge in [0.2, 0.25) is 5.82 Å². The van der Waals surface area contributed by atoms with E-state index in [-0.39, 0.29) is 0 Å². The fraction of sp³-hybridized carbons (Fsp3) is 0.300. The maximum absolute atomic E-state index is 4.94. The Hall–Kier alpha value is -2.42. The molecule has 3 heterocycles. The molecule has 1 aromatic carbocycles. The zero-order chi connectivity index (χ0) is 15.7. The van der Waals surface area contributed by atoms with Crippen molar-refractivity contribution in [1.82, 2.24) is 9.55 Å². The number of benzene rings is 1. The zero-order valence-electron chi connectivity index (χ0n) is 13.8. The number of aromatic nitrogens is 3. The number of rotatable bonds is 1. The molecular weight excluding hydrogens is 282 g/mol. The van der Waals surface area contributed by atoms with Crippen LogP contribution < -0.4 is 4.57 Å². The van der Waals surface area contributed by atoms with Crippen molar-refractivity contribution in [1.29, 1.82) is 0 Å². The quantitative estimate of drug-likeness (QED) is 0.493. The van der Waals surface area contributed by atoms with E-state index in [9.17, 15) is 0 Å². The number of hydrogen-bond acceptors (Lipinski definition) is 1. The summed E-state index contributed by atoms with van der Waals surface area (Å²) < 4.78 is 4.62. The van der Waals surface area contributed by atoms with Crippen molar-refractivity contribution >= 4 is 16.6 Å². The van der Waals surface area contributed by atoms with Crippen LogP contribution in [-0.2, 0) is 19.9 Å². The Balaban J connectivity index is 1.92. The minimum atomic E-state index is 0.927. The normalized spacial score (nSPS) is 15.3. The monoisotopic (exact) mass is 302 g/mol. The summed E-state index contributed by atoms with van der Waals surface area (Å²) in [5, 5.41) is 0. The van der Waals surface area contributed by atoms with Gasteiger partial charge in [0.15, 0.2) is 5.52 Å². The predicted molar refractivity (Wildman–Crippen MR) is 91.6 cm³/mol. The van der Waals surface area contributed by atoms with Gasteiger partial charge < -0.3 is 0 Å². The first-order chi connectivity index (χ1) is 11.2. The Bertz CT molecular complexity index is 1020. The number of nitrogens with zero attached hydrogens (tertiary/aromatic N) is 3. The van der Waals surface area contributed by atoms with E-state index in [1.807, 2.05) is 0 Å². The van der Waals surface area contributed by atoms with Crippen molar-refractivity contribution in [3.8, 4) is 5.82 Å². The Morgan fingerprint density at radius 3 is 2.87 bits per heavy atom. The van der Waals surface area contributed by atoms with Crippen molar-refractivity contribution in [2.45, 2.75) is 33.1 Å². The van der Waals surface area contributed by atoms with Crippen LogP contribution in [0.4, 0.5) is 0 Å². The molecule has 0 saturated heterocycles. The molecule has 1 aliphatic heterocycles. The van der Waals surface area contributed by atoms with Gasteiger partial charge in [0.1, 0.15) is 5.52 Å². The van der Waals surface area contributed by atoms with E-state index in [0.29, 0.717) is 0 Å². The fourth-order valence-electron chi connectivity index (χ4n) is 4.37. The van der Waals surface area contributed by atoms with Gasteiger partial charge in [-0.2, -0.15) is 4.57 Å². The molecule has 0 N–H and O–H groups in total. The molecule has 0 fully saturated rings. The first-order valence-electron chi connectivity index (χ1n) is 8.39. The van der Waals surface area contributed by atoms with Gasteiger partial charge in [0.25, 0.3) is 5.82 Å². The maximum Gasteiger partial charge on any atom is 0.291 e. The lowest BCUT2D eigenvalue weighted by Crippen LogP contribution is -2.33. The second kappa shape index (κ2) is 4.31. The van der Waals surface area contributed by atoms with Gasteiger partial charge in [-0.3, -0.25) is 0 Å². The number of imidazole rings is 1. The molecule has 114 valence electrons. The minimum absolute atomic E-state index is 0.927. The fourth-order valence-corrected chi connectivity index (χ4v) is 4.37. The molecule has 2 aromatic heterocycles. The van der Waals surface area contributed by atoms with Crippen molar-refractivity contribution in [3.63, 3.8) is 0 Å². The van der Waals surface area contributed by atoms with Crippen molar-refractivity contribution in [2.75, 3.05) is 0 Å². The molecule has 0 atom stereocenters. The highest BCUT2D eigenvalue weighted by Gasteiger charge is 2.35. The third-order valence-corrected chi connectivity index (χ3v) is 5.50. The molecule has 0 bridgehead atoms. The van der Waals surface area contributed by atoms with E-state index >= 15 is 0 Å². The van der Waals surface area contributed by atoms with Crippen LogP contribution in [0.1, 0.15) is 42.8 Å². The molecule has 0 unspecified atom stereocenters. The number of fused-ring (bicyclic) bond motifs is 7. The van der Waals surface area contributed by atoms with E-state index in [1.165, 1.54) is 39.4 Å². The van der Waals surface area contributed by atoms with Crippen molar-refractivity contribution in [3.05, 3.63) is 58.6 Å². The lowest BCUT2D eigenvalue weighted by molar-refractivity contribution is -0.665. The zero-order valence-corrected chi connectivity index (χ0v) is 13.8. The lowest BCUT2D eigenvalue weighted by Gasteiger charge is -2.05.